The van der Waals surface area contributed by atoms with E-state index in [1.807, 2.05) is 30.9 Å². The van der Waals surface area contributed by atoms with E-state index in [-0.39, 0.29) is 30.1 Å². The fourth-order valence-corrected chi connectivity index (χ4v) is 3.97. The zero-order valence-corrected chi connectivity index (χ0v) is 16.1. The van der Waals surface area contributed by atoms with Crippen LogP contribution in [-0.4, -0.2) is 50.6 Å². The van der Waals surface area contributed by atoms with Crippen molar-refractivity contribution in [2.24, 2.45) is 5.92 Å². The monoisotopic (exact) mass is 384 g/mol. The molecule has 0 N–H and O–H groups in total. The van der Waals surface area contributed by atoms with Gasteiger partial charge in [-0.2, -0.15) is 4.98 Å². The number of aromatic nitrogens is 3. The van der Waals surface area contributed by atoms with Gasteiger partial charge in [-0.1, -0.05) is 5.16 Å². The number of rotatable bonds is 4. The molecular formula is C20H24N4O4. The Morgan fingerprint density at radius 3 is 2.61 bits per heavy atom. The lowest BCUT2D eigenvalue weighted by atomic mass is 9.92. The first-order valence-electron chi connectivity index (χ1n) is 9.66. The van der Waals surface area contributed by atoms with Gasteiger partial charge in [0, 0.05) is 49.8 Å². The van der Waals surface area contributed by atoms with Gasteiger partial charge in [-0.25, -0.2) is 0 Å². The molecule has 2 saturated heterocycles. The summed E-state index contributed by atoms with van der Waals surface area (Å²) in [6.45, 7) is 5.03. The molecule has 2 aliphatic rings. The first-order chi connectivity index (χ1) is 13.4. The highest BCUT2D eigenvalue weighted by Crippen LogP contribution is 2.34. The smallest absolute Gasteiger partial charge is 0.310 e. The molecule has 1 amide bonds. The van der Waals surface area contributed by atoms with Gasteiger partial charge in [-0.05, 0) is 38.8 Å². The van der Waals surface area contributed by atoms with E-state index < -0.39 is 5.60 Å². The van der Waals surface area contributed by atoms with Gasteiger partial charge in [0.2, 0.25) is 5.91 Å². The van der Waals surface area contributed by atoms with Gasteiger partial charge in [0.05, 0.1) is 5.92 Å². The number of amides is 1. The van der Waals surface area contributed by atoms with Gasteiger partial charge in [-0.3, -0.25) is 14.6 Å². The Bertz CT molecular complexity index is 856. The number of esters is 1. The molecule has 0 bridgehead atoms. The van der Waals surface area contributed by atoms with Crippen LogP contribution in [0.2, 0.25) is 0 Å². The Balaban J connectivity index is 1.32. The maximum Gasteiger partial charge on any atom is 0.310 e. The van der Waals surface area contributed by atoms with Crippen LogP contribution in [0.4, 0.5) is 0 Å². The van der Waals surface area contributed by atoms with E-state index in [0.717, 1.165) is 18.4 Å². The highest BCUT2D eigenvalue weighted by Gasteiger charge is 2.41. The van der Waals surface area contributed by atoms with Crippen molar-refractivity contribution < 1.29 is 18.8 Å². The maximum atomic E-state index is 12.6. The summed E-state index contributed by atoms with van der Waals surface area (Å²) in [6, 6.07) is 3.65. The van der Waals surface area contributed by atoms with Crippen LogP contribution in [0.15, 0.2) is 29.0 Å². The van der Waals surface area contributed by atoms with Crippen molar-refractivity contribution in [3.05, 3.63) is 30.4 Å². The molecule has 0 aliphatic carbocycles. The van der Waals surface area contributed by atoms with Crippen molar-refractivity contribution in [2.45, 2.75) is 51.0 Å². The van der Waals surface area contributed by atoms with Crippen LogP contribution in [0.1, 0.15) is 51.3 Å². The average molecular weight is 384 g/mol. The summed E-state index contributed by atoms with van der Waals surface area (Å²) in [4.78, 5) is 34.9. The minimum Gasteiger partial charge on any atom is -0.459 e. The standard InChI is InChI=1S/C20H24N4O4/c1-20(2)12-15(19(26)27-20)11-16(25)24-9-5-13(6-10-24)17-22-18(28-23-17)14-3-7-21-8-4-14/h3-4,7-8,13,15H,5-6,9-12H2,1-2H3. The molecule has 4 rings (SSSR count). The normalized spacial score (nSPS) is 22.3. The second-order valence-corrected chi connectivity index (χ2v) is 8.13. The van der Waals surface area contributed by atoms with E-state index in [9.17, 15) is 9.59 Å². The molecule has 1 unspecified atom stereocenters. The molecule has 4 heterocycles. The van der Waals surface area contributed by atoms with Crippen molar-refractivity contribution in [3.63, 3.8) is 0 Å². The van der Waals surface area contributed by atoms with Crippen LogP contribution in [0.5, 0.6) is 0 Å². The predicted octanol–water partition coefficient (Wildman–Crippen LogP) is 2.57. The first kappa shape index (κ1) is 18.6. The topological polar surface area (TPSA) is 98.4 Å². The number of hydrogen-bond donors (Lipinski definition) is 0. The van der Waals surface area contributed by atoms with Gasteiger partial charge in [0.1, 0.15) is 5.60 Å². The maximum absolute atomic E-state index is 12.6. The van der Waals surface area contributed by atoms with Crippen LogP contribution >= 0.6 is 0 Å². The van der Waals surface area contributed by atoms with Crippen LogP contribution < -0.4 is 0 Å². The van der Waals surface area contributed by atoms with E-state index in [0.29, 0.717) is 31.2 Å². The quantitative estimate of drug-likeness (QED) is 0.747. The second kappa shape index (κ2) is 7.33. The molecule has 2 aliphatic heterocycles. The molecule has 1 atom stereocenters. The van der Waals surface area contributed by atoms with E-state index in [1.54, 1.807) is 12.4 Å². The molecule has 28 heavy (non-hydrogen) atoms. The summed E-state index contributed by atoms with van der Waals surface area (Å²) in [5.41, 5.74) is 0.368. The van der Waals surface area contributed by atoms with Crippen molar-refractivity contribution in [1.29, 1.82) is 0 Å². The summed E-state index contributed by atoms with van der Waals surface area (Å²) < 4.78 is 10.7. The molecule has 8 heteroatoms. The Morgan fingerprint density at radius 2 is 1.96 bits per heavy atom. The van der Waals surface area contributed by atoms with Gasteiger partial charge < -0.3 is 14.2 Å². The third-order valence-corrected chi connectivity index (χ3v) is 5.45. The lowest BCUT2D eigenvalue weighted by Gasteiger charge is -2.31. The minimum absolute atomic E-state index is 0.0173. The summed E-state index contributed by atoms with van der Waals surface area (Å²) in [5, 5.41) is 4.12. The number of pyridine rings is 1. The Morgan fingerprint density at radius 1 is 1.25 bits per heavy atom. The van der Waals surface area contributed by atoms with Crippen molar-refractivity contribution in [3.8, 4) is 11.5 Å². The molecule has 0 aromatic carbocycles. The van der Waals surface area contributed by atoms with Crippen LogP contribution in [0.3, 0.4) is 0 Å². The number of cyclic esters (lactones) is 1. The number of hydrogen-bond acceptors (Lipinski definition) is 7. The largest absolute Gasteiger partial charge is 0.459 e. The minimum atomic E-state index is -0.472. The Labute approximate surface area is 163 Å². The molecule has 8 nitrogen and oxygen atoms in total. The molecular weight excluding hydrogens is 360 g/mol. The first-order valence-corrected chi connectivity index (χ1v) is 9.66. The van der Waals surface area contributed by atoms with Crippen LogP contribution in [-0.2, 0) is 14.3 Å². The summed E-state index contributed by atoms with van der Waals surface area (Å²) in [6.07, 6.45) is 5.74. The molecule has 0 spiro atoms. The molecule has 2 aromatic rings. The van der Waals surface area contributed by atoms with Gasteiger partial charge in [-0.15, -0.1) is 0 Å². The summed E-state index contributed by atoms with van der Waals surface area (Å²) in [5.74, 6) is 0.754. The van der Waals surface area contributed by atoms with E-state index in [4.69, 9.17) is 9.26 Å². The van der Waals surface area contributed by atoms with Crippen LogP contribution in [0, 0.1) is 5.92 Å². The average Bonchev–Trinajstić information content (AvgIpc) is 3.27. The fraction of sp³-hybridized carbons (Fsp3) is 0.550. The number of piperidine rings is 1. The number of carbonyl (C=O) groups excluding carboxylic acids is 2. The van der Waals surface area contributed by atoms with Gasteiger partial charge in [0.25, 0.3) is 5.89 Å². The van der Waals surface area contributed by atoms with Crippen molar-refractivity contribution in [1.82, 2.24) is 20.0 Å². The summed E-state index contributed by atoms with van der Waals surface area (Å²) >= 11 is 0. The third kappa shape index (κ3) is 3.90. The summed E-state index contributed by atoms with van der Waals surface area (Å²) in [7, 11) is 0. The lowest BCUT2D eigenvalue weighted by Crippen LogP contribution is -2.39. The van der Waals surface area contributed by atoms with Gasteiger partial charge in [0.15, 0.2) is 5.82 Å². The second-order valence-electron chi connectivity index (χ2n) is 8.13. The van der Waals surface area contributed by atoms with E-state index in [2.05, 4.69) is 15.1 Å². The molecule has 148 valence electrons. The highest BCUT2D eigenvalue weighted by atomic mass is 16.6. The zero-order chi connectivity index (χ0) is 19.7. The lowest BCUT2D eigenvalue weighted by molar-refractivity contribution is -0.150. The number of ether oxygens (including phenoxy) is 1. The molecule has 0 saturated carbocycles. The molecule has 2 aromatic heterocycles. The zero-order valence-electron chi connectivity index (χ0n) is 16.1. The molecule has 2 fully saturated rings. The van der Waals surface area contributed by atoms with Crippen molar-refractivity contribution >= 4 is 11.9 Å². The predicted molar refractivity (Wildman–Crippen MR) is 99.0 cm³/mol. The van der Waals surface area contributed by atoms with Crippen LogP contribution in [0.25, 0.3) is 11.5 Å². The van der Waals surface area contributed by atoms with Crippen molar-refractivity contribution in [2.75, 3.05) is 13.1 Å². The Kier molecular flexibility index (Phi) is 4.87. The SMILES string of the molecule is CC1(C)CC(CC(=O)N2CCC(c3noc(-c4ccncc4)n3)CC2)C(=O)O1. The number of likely N-dealkylation sites (tertiary alicyclic amines) is 1. The fourth-order valence-electron chi connectivity index (χ4n) is 3.97. The van der Waals surface area contributed by atoms with E-state index in [1.165, 1.54) is 0 Å². The molecule has 0 radical (unpaired) electrons. The highest BCUT2D eigenvalue weighted by molar-refractivity contribution is 5.84. The third-order valence-electron chi connectivity index (χ3n) is 5.45. The van der Waals surface area contributed by atoms with Gasteiger partial charge >= 0.3 is 5.97 Å². The Hall–Kier alpha value is -2.77. The number of carbonyl (C=O) groups is 2. The van der Waals surface area contributed by atoms with E-state index >= 15 is 0 Å². The number of nitrogens with zero attached hydrogens (tertiary/aromatic N) is 4.